The van der Waals surface area contributed by atoms with Crippen LogP contribution in [0.4, 0.5) is 0 Å². The van der Waals surface area contributed by atoms with Crippen molar-refractivity contribution in [2.45, 2.75) is 48.4 Å². The van der Waals surface area contributed by atoms with E-state index in [2.05, 4.69) is 5.32 Å². The first-order chi connectivity index (χ1) is 15.5. The van der Waals surface area contributed by atoms with Crippen LogP contribution in [0, 0.1) is 0 Å². The third-order valence-electron chi connectivity index (χ3n) is 5.77. The Bertz CT molecular complexity index is 1200. The number of nitrogens with zero attached hydrogens (tertiary/aromatic N) is 1. The first-order valence-corrected chi connectivity index (χ1v) is 14.2. The van der Waals surface area contributed by atoms with E-state index >= 15 is 0 Å². The molecule has 0 aliphatic carbocycles. The summed E-state index contributed by atoms with van der Waals surface area (Å²) in [5.41, 5.74) is 0.830. The van der Waals surface area contributed by atoms with E-state index in [0.29, 0.717) is 18.7 Å². The molecule has 33 heavy (non-hydrogen) atoms. The molecule has 1 atom stereocenters. The fourth-order valence-electron chi connectivity index (χ4n) is 3.82. The molecule has 1 unspecified atom stereocenters. The number of hydrogen-bond donors (Lipinski definition) is 1. The highest BCUT2D eigenvalue weighted by Crippen LogP contribution is 2.27. The molecule has 0 bridgehead atoms. The van der Waals surface area contributed by atoms with E-state index in [-0.39, 0.29) is 21.1 Å². The van der Waals surface area contributed by atoms with E-state index in [9.17, 15) is 21.6 Å². The van der Waals surface area contributed by atoms with Gasteiger partial charge in [0.2, 0.25) is 10.0 Å². The Balaban J connectivity index is 1.84. The van der Waals surface area contributed by atoms with Crippen molar-refractivity contribution >= 4 is 25.8 Å². The number of rotatable bonds is 7. The van der Waals surface area contributed by atoms with Gasteiger partial charge in [0.25, 0.3) is 5.91 Å². The first kappa shape index (κ1) is 25.2. The number of nitrogens with one attached hydrogen (secondary N) is 1. The topological polar surface area (TPSA) is 110 Å². The maximum Gasteiger partial charge on any atom is 0.255 e. The lowest BCUT2D eigenvalue weighted by Crippen LogP contribution is -2.32. The van der Waals surface area contributed by atoms with E-state index in [4.69, 9.17) is 4.74 Å². The molecule has 1 aliphatic rings. The molecule has 1 N–H and O–H groups in total. The Morgan fingerprint density at radius 2 is 1.52 bits per heavy atom. The molecule has 0 aromatic heterocycles. The second kappa shape index (κ2) is 10.2. The lowest BCUT2D eigenvalue weighted by Gasteiger charge is -2.21. The standard InChI is InChI=1S/C23H30N2O6S2/c1-17(18-8-10-19(11-9-18)32(3,27)28)24-23(26)21-16-20(12-13-22(21)31-2)33(29,30)25-14-6-4-5-7-15-25/h8-13,16-17H,4-7,14-15H2,1-3H3,(H,24,26). The van der Waals surface area contributed by atoms with Crippen LogP contribution in [-0.4, -0.2) is 53.5 Å². The fourth-order valence-corrected chi connectivity index (χ4v) is 5.99. The van der Waals surface area contributed by atoms with Crippen molar-refractivity contribution in [2.75, 3.05) is 26.5 Å². The van der Waals surface area contributed by atoms with Crippen LogP contribution in [0.3, 0.4) is 0 Å². The van der Waals surface area contributed by atoms with Crippen molar-refractivity contribution in [1.82, 2.24) is 9.62 Å². The second-order valence-electron chi connectivity index (χ2n) is 8.22. The molecular weight excluding hydrogens is 464 g/mol. The van der Waals surface area contributed by atoms with Crippen molar-refractivity contribution in [2.24, 2.45) is 0 Å². The van der Waals surface area contributed by atoms with Crippen molar-refractivity contribution < 1.29 is 26.4 Å². The minimum Gasteiger partial charge on any atom is -0.496 e. The number of ether oxygens (including phenoxy) is 1. The Morgan fingerprint density at radius 1 is 0.939 bits per heavy atom. The van der Waals surface area contributed by atoms with Gasteiger partial charge in [-0.2, -0.15) is 4.31 Å². The normalized spacial score (nSPS) is 16.6. The van der Waals surface area contributed by atoms with Gasteiger partial charge >= 0.3 is 0 Å². The van der Waals surface area contributed by atoms with Crippen molar-refractivity contribution in [3.05, 3.63) is 53.6 Å². The van der Waals surface area contributed by atoms with Gasteiger partial charge in [0.05, 0.1) is 28.5 Å². The Morgan fingerprint density at radius 3 is 2.06 bits per heavy atom. The van der Waals surface area contributed by atoms with E-state index < -0.39 is 31.8 Å². The SMILES string of the molecule is COc1ccc(S(=O)(=O)N2CCCCCC2)cc1C(=O)NC(C)c1ccc(S(C)(=O)=O)cc1. The number of carbonyl (C=O) groups excluding carboxylic acids is 1. The summed E-state index contributed by atoms with van der Waals surface area (Å²) in [7, 11) is -5.62. The van der Waals surface area contributed by atoms with Gasteiger partial charge in [-0.15, -0.1) is 0 Å². The maximum absolute atomic E-state index is 13.2. The van der Waals surface area contributed by atoms with Gasteiger partial charge < -0.3 is 10.1 Å². The van der Waals surface area contributed by atoms with Gasteiger partial charge in [-0.3, -0.25) is 4.79 Å². The highest BCUT2D eigenvalue weighted by atomic mass is 32.2. The molecule has 0 saturated carbocycles. The molecule has 10 heteroatoms. The van der Waals surface area contributed by atoms with Gasteiger partial charge in [-0.25, -0.2) is 16.8 Å². The molecule has 1 fully saturated rings. The molecule has 2 aromatic rings. The fraction of sp³-hybridized carbons (Fsp3) is 0.435. The van der Waals surface area contributed by atoms with E-state index in [0.717, 1.165) is 31.9 Å². The number of sulfonamides is 1. The van der Waals surface area contributed by atoms with E-state index in [1.807, 2.05) is 0 Å². The highest BCUT2D eigenvalue weighted by Gasteiger charge is 2.27. The molecule has 1 saturated heterocycles. The highest BCUT2D eigenvalue weighted by molar-refractivity contribution is 7.90. The predicted molar refractivity (Wildman–Crippen MR) is 126 cm³/mol. The van der Waals surface area contributed by atoms with Crippen molar-refractivity contribution in [1.29, 1.82) is 0 Å². The lowest BCUT2D eigenvalue weighted by molar-refractivity contribution is 0.0936. The van der Waals surface area contributed by atoms with Crippen LogP contribution in [0.1, 0.15) is 54.6 Å². The summed E-state index contributed by atoms with van der Waals surface area (Å²) in [6.07, 6.45) is 4.78. The minimum absolute atomic E-state index is 0.0560. The number of benzene rings is 2. The average molecular weight is 495 g/mol. The number of sulfone groups is 1. The van der Waals surface area contributed by atoms with E-state index in [1.54, 1.807) is 19.1 Å². The molecule has 0 spiro atoms. The Kier molecular flexibility index (Phi) is 7.81. The molecule has 0 radical (unpaired) electrons. The van der Waals surface area contributed by atoms with Crippen LogP contribution in [0.5, 0.6) is 5.75 Å². The van der Waals surface area contributed by atoms with Gasteiger partial charge in [0.1, 0.15) is 5.75 Å². The Labute approximate surface area is 195 Å². The summed E-state index contributed by atoms with van der Waals surface area (Å²) >= 11 is 0. The number of amides is 1. The largest absolute Gasteiger partial charge is 0.496 e. The van der Waals surface area contributed by atoms with Crippen LogP contribution >= 0.6 is 0 Å². The van der Waals surface area contributed by atoms with Crippen LogP contribution in [-0.2, 0) is 19.9 Å². The molecule has 2 aromatic carbocycles. The van der Waals surface area contributed by atoms with Gasteiger partial charge in [-0.05, 0) is 55.7 Å². The minimum atomic E-state index is -3.72. The van der Waals surface area contributed by atoms with Crippen LogP contribution in [0.15, 0.2) is 52.3 Å². The van der Waals surface area contributed by atoms with Crippen LogP contribution in [0.25, 0.3) is 0 Å². The first-order valence-electron chi connectivity index (χ1n) is 10.8. The zero-order chi connectivity index (χ0) is 24.2. The summed E-state index contributed by atoms with van der Waals surface area (Å²) < 4.78 is 56.5. The molecule has 180 valence electrons. The predicted octanol–water partition coefficient (Wildman–Crippen LogP) is 3.15. The summed E-state index contributed by atoms with van der Waals surface area (Å²) in [6, 6.07) is 10.1. The summed E-state index contributed by atoms with van der Waals surface area (Å²) in [4.78, 5) is 13.3. The molecule has 8 nitrogen and oxygen atoms in total. The number of carbonyl (C=O) groups is 1. The molecule has 1 amide bonds. The summed E-state index contributed by atoms with van der Waals surface area (Å²) in [6.45, 7) is 2.70. The molecular formula is C23H30N2O6S2. The molecule has 3 rings (SSSR count). The smallest absolute Gasteiger partial charge is 0.255 e. The zero-order valence-electron chi connectivity index (χ0n) is 19.1. The van der Waals surface area contributed by atoms with Gasteiger partial charge in [-0.1, -0.05) is 25.0 Å². The third-order valence-corrected chi connectivity index (χ3v) is 8.80. The monoisotopic (exact) mass is 494 g/mol. The lowest BCUT2D eigenvalue weighted by atomic mass is 10.1. The van der Waals surface area contributed by atoms with E-state index in [1.165, 1.54) is 41.7 Å². The van der Waals surface area contributed by atoms with Crippen molar-refractivity contribution in [3.63, 3.8) is 0 Å². The Hall–Kier alpha value is -2.43. The maximum atomic E-state index is 13.2. The average Bonchev–Trinajstić information content (AvgIpc) is 3.08. The molecule has 1 heterocycles. The summed E-state index contributed by atoms with van der Waals surface area (Å²) in [5.74, 6) is -0.221. The van der Waals surface area contributed by atoms with Gasteiger partial charge in [0.15, 0.2) is 9.84 Å². The molecule has 1 aliphatic heterocycles. The van der Waals surface area contributed by atoms with Gasteiger partial charge in [0, 0.05) is 19.3 Å². The van der Waals surface area contributed by atoms with Crippen LogP contribution in [0.2, 0.25) is 0 Å². The number of methoxy groups -OCH3 is 1. The zero-order valence-corrected chi connectivity index (χ0v) is 20.7. The third kappa shape index (κ3) is 5.93. The number of hydrogen-bond acceptors (Lipinski definition) is 6. The van der Waals surface area contributed by atoms with Crippen LogP contribution < -0.4 is 10.1 Å². The summed E-state index contributed by atoms with van der Waals surface area (Å²) in [5, 5.41) is 2.84. The second-order valence-corrected chi connectivity index (χ2v) is 12.2. The quantitative estimate of drug-likeness (QED) is 0.633. The van der Waals surface area contributed by atoms with Crippen molar-refractivity contribution in [3.8, 4) is 5.75 Å².